The first-order valence-corrected chi connectivity index (χ1v) is 8.73. The highest BCUT2D eigenvalue weighted by atomic mass is 32.2. The minimum absolute atomic E-state index is 0.0803. The standard InChI is InChI=1S/C14H25N3O2S/c1-11-5-4-6-12(7-11)16-20(18,19)14-8-13(9-15-2)17(3)10-14/h8,10-12,15-16H,4-7,9H2,1-3H3. The molecule has 2 atom stereocenters. The Morgan fingerprint density at radius 1 is 1.40 bits per heavy atom. The molecule has 1 saturated carbocycles. The predicted octanol–water partition coefficient (Wildman–Crippen LogP) is 1.60. The summed E-state index contributed by atoms with van der Waals surface area (Å²) in [6.45, 7) is 2.85. The molecule has 20 heavy (non-hydrogen) atoms. The van der Waals surface area contributed by atoms with E-state index in [-0.39, 0.29) is 6.04 Å². The fourth-order valence-electron chi connectivity index (χ4n) is 2.91. The summed E-state index contributed by atoms with van der Waals surface area (Å²) < 4.78 is 29.6. The van der Waals surface area contributed by atoms with Gasteiger partial charge in [0.05, 0.1) is 4.90 Å². The molecule has 1 aliphatic carbocycles. The highest BCUT2D eigenvalue weighted by Gasteiger charge is 2.25. The maximum Gasteiger partial charge on any atom is 0.242 e. The second-order valence-corrected chi connectivity index (χ2v) is 7.61. The van der Waals surface area contributed by atoms with Crippen LogP contribution in [0.3, 0.4) is 0 Å². The fourth-order valence-corrected chi connectivity index (χ4v) is 4.29. The molecule has 0 amide bonds. The van der Waals surface area contributed by atoms with Crippen LogP contribution in [0.1, 0.15) is 38.3 Å². The smallest absolute Gasteiger partial charge is 0.242 e. The van der Waals surface area contributed by atoms with Crippen molar-refractivity contribution in [3.05, 3.63) is 18.0 Å². The molecule has 114 valence electrons. The van der Waals surface area contributed by atoms with E-state index in [1.807, 2.05) is 18.7 Å². The molecule has 0 aromatic carbocycles. The van der Waals surface area contributed by atoms with Crippen molar-refractivity contribution in [3.63, 3.8) is 0 Å². The van der Waals surface area contributed by atoms with Crippen molar-refractivity contribution in [1.29, 1.82) is 0 Å². The van der Waals surface area contributed by atoms with E-state index in [1.165, 1.54) is 6.42 Å². The van der Waals surface area contributed by atoms with Gasteiger partial charge in [-0.1, -0.05) is 19.8 Å². The lowest BCUT2D eigenvalue weighted by Crippen LogP contribution is -2.37. The van der Waals surface area contributed by atoms with E-state index in [2.05, 4.69) is 17.0 Å². The summed E-state index contributed by atoms with van der Waals surface area (Å²) in [7, 11) is 0.318. The summed E-state index contributed by atoms with van der Waals surface area (Å²) in [6, 6.07) is 1.82. The first kappa shape index (κ1) is 15.5. The van der Waals surface area contributed by atoms with Gasteiger partial charge in [0.15, 0.2) is 0 Å². The van der Waals surface area contributed by atoms with Gasteiger partial charge >= 0.3 is 0 Å². The zero-order chi connectivity index (χ0) is 14.8. The minimum atomic E-state index is -3.40. The first-order valence-electron chi connectivity index (χ1n) is 7.24. The Balaban J connectivity index is 2.11. The molecule has 2 unspecified atom stereocenters. The first-order chi connectivity index (χ1) is 9.42. The van der Waals surface area contributed by atoms with Gasteiger partial charge in [0.1, 0.15) is 0 Å². The summed E-state index contributed by atoms with van der Waals surface area (Å²) >= 11 is 0. The average molecular weight is 299 g/mol. The van der Waals surface area contributed by atoms with Gasteiger partial charge in [-0.25, -0.2) is 13.1 Å². The number of nitrogens with zero attached hydrogens (tertiary/aromatic N) is 1. The Kier molecular flexibility index (Phi) is 4.88. The van der Waals surface area contributed by atoms with Crippen molar-refractivity contribution in [2.24, 2.45) is 13.0 Å². The molecule has 1 heterocycles. The number of sulfonamides is 1. The summed E-state index contributed by atoms with van der Waals surface area (Å²) in [6.07, 6.45) is 5.88. The topological polar surface area (TPSA) is 63.1 Å². The molecule has 1 aromatic heterocycles. The Bertz CT molecular complexity index is 551. The number of hydrogen-bond donors (Lipinski definition) is 2. The summed E-state index contributed by atoms with van der Waals surface area (Å²) in [5.74, 6) is 0.604. The molecule has 2 rings (SSSR count). The van der Waals surface area contributed by atoms with Crippen molar-refractivity contribution in [2.45, 2.75) is 50.1 Å². The lowest BCUT2D eigenvalue weighted by atomic mass is 9.88. The van der Waals surface area contributed by atoms with Crippen LogP contribution in [0.4, 0.5) is 0 Å². The lowest BCUT2D eigenvalue weighted by molar-refractivity contribution is 0.327. The maximum absolute atomic E-state index is 12.4. The van der Waals surface area contributed by atoms with Crippen LogP contribution < -0.4 is 10.0 Å². The normalized spacial score (nSPS) is 23.9. The molecule has 1 aliphatic rings. The SMILES string of the molecule is CNCc1cc(S(=O)(=O)NC2CCCC(C)C2)cn1C. The van der Waals surface area contributed by atoms with Crippen LogP contribution in [0.15, 0.2) is 17.2 Å². The van der Waals surface area contributed by atoms with Gasteiger partial charge in [0.25, 0.3) is 0 Å². The maximum atomic E-state index is 12.4. The number of aromatic nitrogens is 1. The van der Waals surface area contributed by atoms with E-state index >= 15 is 0 Å². The van der Waals surface area contributed by atoms with Gasteiger partial charge < -0.3 is 9.88 Å². The van der Waals surface area contributed by atoms with E-state index in [0.717, 1.165) is 25.0 Å². The third-order valence-electron chi connectivity index (χ3n) is 4.01. The van der Waals surface area contributed by atoms with E-state index in [1.54, 1.807) is 12.3 Å². The molecular weight excluding hydrogens is 274 g/mol. The highest BCUT2D eigenvalue weighted by Crippen LogP contribution is 2.25. The van der Waals surface area contributed by atoms with Crippen LogP contribution in [-0.2, 0) is 23.6 Å². The van der Waals surface area contributed by atoms with E-state index in [4.69, 9.17) is 0 Å². The number of rotatable bonds is 5. The third-order valence-corrected chi connectivity index (χ3v) is 5.50. The number of nitrogens with one attached hydrogen (secondary N) is 2. The molecule has 1 fully saturated rings. The van der Waals surface area contributed by atoms with Gasteiger partial charge in [-0.3, -0.25) is 0 Å². The zero-order valence-electron chi connectivity index (χ0n) is 12.5. The monoisotopic (exact) mass is 299 g/mol. The van der Waals surface area contributed by atoms with Crippen molar-refractivity contribution < 1.29 is 8.42 Å². The molecule has 1 aromatic rings. The molecule has 0 radical (unpaired) electrons. The Morgan fingerprint density at radius 3 is 2.80 bits per heavy atom. The van der Waals surface area contributed by atoms with Gasteiger partial charge in [0.2, 0.25) is 10.0 Å². The van der Waals surface area contributed by atoms with E-state index in [9.17, 15) is 8.42 Å². The van der Waals surface area contributed by atoms with E-state index < -0.39 is 10.0 Å². The largest absolute Gasteiger partial charge is 0.352 e. The number of aryl methyl sites for hydroxylation is 1. The highest BCUT2D eigenvalue weighted by molar-refractivity contribution is 7.89. The van der Waals surface area contributed by atoms with Crippen LogP contribution in [0.2, 0.25) is 0 Å². The number of hydrogen-bond acceptors (Lipinski definition) is 3. The third kappa shape index (κ3) is 3.62. The Labute approximate surface area is 121 Å². The molecule has 5 nitrogen and oxygen atoms in total. The van der Waals surface area contributed by atoms with Crippen LogP contribution in [-0.4, -0.2) is 26.1 Å². The molecule has 0 saturated heterocycles. The summed E-state index contributed by atoms with van der Waals surface area (Å²) in [5.41, 5.74) is 0.963. The Hall–Kier alpha value is -0.850. The van der Waals surface area contributed by atoms with Crippen molar-refractivity contribution in [1.82, 2.24) is 14.6 Å². The van der Waals surface area contributed by atoms with Crippen molar-refractivity contribution >= 4 is 10.0 Å². The lowest BCUT2D eigenvalue weighted by Gasteiger charge is -2.27. The van der Waals surface area contributed by atoms with Gasteiger partial charge in [-0.2, -0.15) is 0 Å². The molecule has 6 heteroatoms. The summed E-state index contributed by atoms with van der Waals surface area (Å²) in [5, 5.41) is 3.04. The van der Waals surface area contributed by atoms with Gasteiger partial charge in [-0.05, 0) is 31.9 Å². The quantitative estimate of drug-likeness (QED) is 0.868. The van der Waals surface area contributed by atoms with Gasteiger partial charge in [0, 0.05) is 31.5 Å². The molecule has 0 spiro atoms. The van der Waals surface area contributed by atoms with Crippen LogP contribution in [0.25, 0.3) is 0 Å². The Morgan fingerprint density at radius 2 is 2.15 bits per heavy atom. The van der Waals surface area contributed by atoms with Crippen molar-refractivity contribution in [2.75, 3.05) is 7.05 Å². The molecule has 0 bridgehead atoms. The molecule has 0 aliphatic heterocycles. The van der Waals surface area contributed by atoms with Crippen LogP contribution >= 0.6 is 0 Å². The van der Waals surface area contributed by atoms with Crippen LogP contribution in [0.5, 0.6) is 0 Å². The second kappa shape index (κ2) is 6.28. The minimum Gasteiger partial charge on any atom is -0.352 e. The second-order valence-electron chi connectivity index (χ2n) is 5.90. The average Bonchev–Trinajstić information content (AvgIpc) is 2.72. The van der Waals surface area contributed by atoms with Gasteiger partial charge in [-0.15, -0.1) is 0 Å². The van der Waals surface area contributed by atoms with Crippen LogP contribution in [0, 0.1) is 5.92 Å². The summed E-state index contributed by atoms with van der Waals surface area (Å²) in [4.78, 5) is 0.364. The van der Waals surface area contributed by atoms with E-state index in [0.29, 0.717) is 17.4 Å². The molecule has 2 N–H and O–H groups in total. The fraction of sp³-hybridized carbons (Fsp3) is 0.714. The zero-order valence-corrected chi connectivity index (χ0v) is 13.3. The van der Waals surface area contributed by atoms with Crippen molar-refractivity contribution in [3.8, 4) is 0 Å². The predicted molar refractivity (Wildman–Crippen MR) is 79.9 cm³/mol. The molecular formula is C14H25N3O2S.